The molecule has 0 atom stereocenters. The van der Waals surface area contributed by atoms with E-state index in [1.165, 1.54) is 0 Å². The van der Waals surface area contributed by atoms with Crippen LogP contribution in [0.4, 0.5) is 0 Å². The zero-order valence-corrected chi connectivity index (χ0v) is 9.09. The Hall–Kier alpha value is -2.03. The molecule has 0 saturated carbocycles. The second kappa shape index (κ2) is 4.66. The van der Waals surface area contributed by atoms with Crippen molar-refractivity contribution < 1.29 is 4.74 Å². The molecule has 0 spiro atoms. The van der Waals surface area contributed by atoms with Gasteiger partial charge in [0.25, 0.3) is 0 Å². The van der Waals surface area contributed by atoms with Gasteiger partial charge in [-0.25, -0.2) is 0 Å². The van der Waals surface area contributed by atoms with Crippen LogP contribution >= 0.6 is 0 Å². The molecule has 1 aromatic carbocycles. The van der Waals surface area contributed by atoms with Gasteiger partial charge in [-0.05, 0) is 6.07 Å². The van der Waals surface area contributed by atoms with Crippen molar-refractivity contribution in [2.45, 2.75) is 6.54 Å². The Morgan fingerprint density at radius 1 is 1.12 bits per heavy atom. The number of aromatic nitrogens is 1. The van der Waals surface area contributed by atoms with Crippen molar-refractivity contribution in [1.82, 2.24) is 4.57 Å². The van der Waals surface area contributed by atoms with Crippen molar-refractivity contribution in [3.63, 3.8) is 0 Å². The molecule has 1 heterocycles. The second-order valence-electron chi connectivity index (χ2n) is 3.52. The minimum Gasteiger partial charge on any atom is -0.496 e. The molecule has 2 rings (SSSR count). The van der Waals surface area contributed by atoms with Gasteiger partial charge in [-0.1, -0.05) is 18.2 Å². The molecule has 0 saturated heterocycles. The van der Waals surface area contributed by atoms with E-state index in [4.69, 9.17) is 4.74 Å². The standard InChI is InChI=1S/C13H13NO2/c1-16-13-5-3-2-4-11(13)10-14-8-6-12(15)7-9-14/h2-9H,10H2,1H3. The van der Waals surface area contributed by atoms with Gasteiger partial charge in [0.2, 0.25) is 0 Å². The Morgan fingerprint density at radius 2 is 1.81 bits per heavy atom. The summed E-state index contributed by atoms with van der Waals surface area (Å²) < 4.78 is 7.21. The van der Waals surface area contributed by atoms with E-state index in [0.29, 0.717) is 6.54 Å². The zero-order chi connectivity index (χ0) is 11.4. The smallest absolute Gasteiger partial charge is 0.181 e. The maximum atomic E-state index is 11.0. The molecule has 0 bridgehead atoms. The molecule has 0 aliphatic carbocycles. The molecule has 3 nitrogen and oxygen atoms in total. The molecule has 3 heteroatoms. The maximum Gasteiger partial charge on any atom is 0.181 e. The molecule has 0 aliphatic rings. The van der Waals surface area contributed by atoms with E-state index in [-0.39, 0.29) is 5.43 Å². The lowest BCUT2D eigenvalue weighted by atomic mass is 10.2. The minimum absolute atomic E-state index is 0.0243. The van der Waals surface area contributed by atoms with Crippen molar-refractivity contribution in [3.05, 3.63) is 64.6 Å². The monoisotopic (exact) mass is 215 g/mol. The van der Waals surface area contributed by atoms with Gasteiger partial charge < -0.3 is 9.30 Å². The lowest BCUT2D eigenvalue weighted by Crippen LogP contribution is -2.05. The molecule has 82 valence electrons. The quantitative estimate of drug-likeness (QED) is 0.783. The van der Waals surface area contributed by atoms with E-state index in [9.17, 15) is 4.79 Å². The number of pyridine rings is 1. The first-order chi connectivity index (χ1) is 7.79. The van der Waals surface area contributed by atoms with Crippen LogP contribution in [-0.2, 0) is 6.54 Å². The van der Waals surface area contributed by atoms with Crippen molar-refractivity contribution >= 4 is 0 Å². The third-order valence-corrected chi connectivity index (χ3v) is 2.41. The molecule has 0 N–H and O–H groups in total. The van der Waals surface area contributed by atoms with E-state index < -0.39 is 0 Å². The third kappa shape index (κ3) is 2.31. The molecular formula is C13H13NO2. The van der Waals surface area contributed by atoms with Crippen LogP contribution in [-0.4, -0.2) is 11.7 Å². The Bertz CT molecular complexity index is 511. The van der Waals surface area contributed by atoms with Crippen LogP contribution in [0.3, 0.4) is 0 Å². The number of benzene rings is 1. The second-order valence-corrected chi connectivity index (χ2v) is 3.52. The van der Waals surface area contributed by atoms with Crippen molar-refractivity contribution in [2.24, 2.45) is 0 Å². The predicted molar refractivity (Wildman–Crippen MR) is 62.8 cm³/mol. The molecule has 0 radical (unpaired) electrons. The Balaban J connectivity index is 2.26. The van der Waals surface area contributed by atoms with Crippen molar-refractivity contribution in [1.29, 1.82) is 0 Å². The van der Waals surface area contributed by atoms with Crippen LogP contribution in [0.15, 0.2) is 53.6 Å². The number of hydrogen-bond acceptors (Lipinski definition) is 2. The Morgan fingerprint density at radius 3 is 2.50 bits per heavy atom. The summed E-state index contributed by atoms with van der Waals surface area (Å²) in [4.78, 5) is 11.0. The van der Waals surface area contributed by atoms with Gasteiger partial charge in [-0.2, -0.15) is 0 Å². The van der Waals surface area contributed by atoms with E-state index in [0.717, 1.165) is 11.3 Å². The van der Waals surface area contributed by atoms with Crippen LogP contribution in [0.2, 0.25) is 0 Å². The number of para-hydroxylation sites is 1. The fraction of sp³-hybridized carbons (Fsp3) is 0.154. The van der Waals surface area contributed by atoms with Gasteiger partial charge in [0.05, 0.1) is 13.7 Å². The fourth-order valence-corrected chi connectivity index (χ4v) is 1.58. The van der Waals surface area contributed by atoms with Crippen molar-refractivity contribution in [3.8, 4) is 5.75 Å². The molecule has 2 aromatic rings. The molecular weight excluding hydrogens is 202 g/mol. The Kier molecular flexibility index (Phi) is 3.05. The summed E-state index contributed by atoms with van der Waals surface area (Å²) in [5.41, 5.74) is 1.12. The van der Waals surface area contributed by atoms with E-state index in [2.05, 4.69) is 0 Å². The van der Waals surface area contributed by atoms with Crippen molar-refractivity contribution in [2.75, 3.05) is 7.11 Å². The highest BCUT2D eigenvalue weighted by atomic mass is 16.5. The normalized spacial score (nSPS) is 10.1. The molecule has 0 amide bonds. The van der Waals surface area contributed by atoms with Gasteiger partial charge in [0, 0.05) is 30.1 Å². The number of hydrogen-bond donors (Lipinski definition) is 0. The van der Waals surface area contributed by atoms with E-state index in [1.54, 1.807) is 31.6 Å². The summed E-state index contributed by atoms with van der Waals surface area (Å²) >= 11 is 0. The summed E-state index contributed by atoms with van der Waals surface area (Å²) in [6, 6.07) is 11.0. The van der Waals surface area contributed by atoms with Gasteiger partial charge in [-0.3, -0.25) is 4.79 Å². The highest BCUT2D eigenvalue weighted by Crippen LogP contribution is 2.17. The average molecular weight is 215 g/mol. The largest absolute Gasteiger partial charge is 0.496 e. The topological polar surface area (TPSA) is 31.2 Å². The SMILES string of the molecule is COc1ccccc1Cn1ccc(=O)cc1. The molecule has 0 unspecified atom stereocenters. The summed E-state index contributed by atoms with van der Waals surface area (Å²) in [6.07, 6.45) is 3.55. The highest BCUT2D eigenvalue weighted by molar-refractivity contribution is 5.33. The number of methoxy groups -OCH3 is 1. The minimum atomic E-state index is 0.0243. The van der Waals surface area contributed by atoms with Crippen LogP contribution in [0.25, 0.3) is 0 Å². The van der Waals surface area contributed by atoms with Gasteiger partial charge in [-0.15, -0.1) is 0 Å². The first-order valence-electron chi connectivity index (χ1n) is 5.07. The molecule has 0 aliphatic heterocycles. The maximum absolute atomic E-state index is 11.0. The molecule has 16 heavy (non-hydrogen) atoms. The third-order valence-electron chi connectivity index (χ3n) is 2.41. The van der Waals surface area contributed by atoms with Crippen LogP contribution < -0.4 is 10.2 Å². The van der Waals surface area contributed by atoms with Gasteiger partial charge in [0.15, 0.2) is 5.43 Å². The van der Waals surface area contributed by atoms with Crippen LogP contribution in [0.1, 0.15) is 5.56 Å². The lowest BCUT2D eigenvalue weighted by molar-refractivity contribution is 0.408. The molecule has 1 aromatic heterocycles. The molecule has 0 fully saturated rings. The first kappa shape index (κ1) is 10.5. The van der Waals surface area contributed by atoms with Gasteiger partial charge in [0.1, 0.15) is 5.75 Å². The zero-order valence-electron chi connectivity index (χ0n) is 9.09. The Labute approximate surface area is 93.9 Å². The number of nitrogens with zero attached hydrogens (tertiary/aromatic N) is 1. The van der Waals surface area contributed by atoms with Crippen LogP contribution in [0.5, 0.6) is 5.75 Å². The summed E-state index contributed by atoms with van der Waals surface area (Å²) in [5.74, 6) is 0.862. The number of ether oxygens (including phenoxy) is 1. The average Bonchev–Trinajstić information content (AvgIpc) is 2.33. The van der Waals surface area contributed by atoms with E-state index in [1.807, 2.05) is 28.8 Å². The summed E-state index contributed by atoms with van der Waals surface area (Å²) in [5, 5.41) is 0. The highest BCUT2D eigenvalue weighted by Gasteiger charge is 2.00. The number of rotatable bonds is 3. The lowest BCUT2D eigenvalue weighted by Gasteiger charge is -2.10. The predicted octanol–water partition coefficient (Wildman–Crippen LogP) is 1.91. The first-order valence-corrected chi connectivity index (χ1v) is 5.07. The fourth-order valence-electron chi connectivity index (χ4n) is 1.58. The summed E-state index contributed by atoms with van der Waals surface area (Å²) in [7, 11) is 1.66. The van der Waals surface area contributed by atoms with E-state index >= 15 is 0 Å². The summed E-state index contributed by atoms with van der Waals surface area (Å²) in [6.45, 7) is 0.699. The van der Waals surface area contributed by atoms with Gasteiger partial charge >= 0.3 is 0 Å². The van der Waals surface area contributed by atoms with Crippen LogP contribution in [0, 0.1) is 0 Å².